The molecule has 5 N–H and O–H groups in total. The Morgan fingerprint density at radius 3 is 2.65 bits per heavy atom. The first-order valence-electron chi connectivity index (χ1n) is 12.2. The predicted octanol–water partition coefficient (Wildman–Crippen LogP) is 4.19. The van der Waals surface area contributed by atoms with Crippen LogP contribution in [-0.4, -0.2) is 59.4 Å². The van der Waals surface area contributed by atoms with E-state index in [1.54, 1.807) is 6.07 Å². The van der Waals surface area contributed by atoms with Crippen LogP contribution in [-0.2, 0) is 11.3 Å². The number of aliphatic hydroxyl groups excluding tert-OH is 2. The maximum absolute atomic E-state index is 10.1. The summed E-state index contributed by atoms with van der Waals surface area (Å²) in [5.74, 6) is 1.21. The summed E-state index contributed by atoms with van der Waals surface area (Å²) in [5, 5.41) is 34.9. The van der Waals surface area contributed by atoms with Gasteiger partial charge in [-0.15, -0.1) is 0 Å². The molecule has 1 aromatic heterocycles. The van der Waals surface area contributed by atoms with Gasteiger partial charge in [-0.1, -0.05) is 13.3 Å². The second-order valence-electron chi connectivity index (χ2n) is 9.07. The molecule has 1 aliphatic rings. The zero-order valence-electron chi connectivity index (χ0n) is 20.4. The van der Waals surface area contributed by atoms with E-state index in [0.29, 0.717) is 34.8 Å². The molecular weight excluding hydrogens is 432 g/mol. The standard InChI is InChI=1S/C26H38N4O4/c1-4-5-21(32)16-34-22-11-18(15-31)10-19(12-22)24-13-25(29-20-6-8-33-9-7-20)23(14-27)26(30-24)28-17(2)3/h10-14,17,20-21,27,31-32H,4-9,15-16H2,1-3H3,(H2,28,29,30). The number of nitrogens with zero attached hydrogens (tertiary/aromatic N) is 1. The van der Waals surface area contributed by atoms with Crippen LogP contribution in [0.5, 0.6) is 5.75 Å². The summed E-state index contributed by atoms with van der Waals surface area (Å²) in [4.78, 5) is 4.84. The number of pyridine rings is 1. The van der Waals surface area contributed by atoms with Gasteiger partial charge in [-0.2, -0.15) is 0 Å². The SMILES string of the molecule is CCCC(O)COc1cc(CO)cc(-c2cc(NC3CCOCC3)c(C=N)c(NC(C)C)n2)c1. The number of aromatic nitrogens is 1. The molecule has 1 atom stereocenters. The van der Waals surface area contributed by atoms with E-state index in [1.165, 1.54) is 6.21 Å². The summed E-state index contributed by atoms with van der Waals surface area (Å²) < 4.78 is 11.3. The number of rotatable bonds is 12. The van der Waals surface area contributed by atoms with Crippen LogP contribution in [0.25, 0.3) is 11.3 Å². The van der Waals surface area contributed by atoms with Gasteiger partial charge in [0.1, 0.15) is 18.2 Å². The molecule has 1 aliphatic heterocycles. The monoisotopic (exact) mass is 470 g/mol. The number of anilines is 2. The molecule has 1 aromatic carbocycles. The first-order valence-corrected chi connectivity index (χ1v) is 12.2. The second kappa shape index (κ2) is 12.7. The highest BCUT2D eigenvalue weighted by molar-refractivity contribution is 5.94. The van der Waals surface area contributed by atoms with Gasteiger partial charge in [-0.25, -0.2) is 4.98 Å². The maximum atomic E-state index is 10.1. The molecule has 34 heavy (non-hydrogen) atoms. The van der Waals surface area contributed by atoms with Crippen molar-refractivity contribution >= 4 is 17.7 Å². The van der Waals surface area contributed by atoms with Gasteiger partial charge < -0.3 is 35.7 Å². The normalized spacial score (nSPS) is 15.2. The van der Waals surface area contributed by atoms with Gasteiger partial charge in [-0.05, 0) is 62.9 Å². The van der Waals surface area contributed by atoms with Gasteiger partial charge in [0.15, 0.2) is 0 Å². The van der Waals surface area contributed by atoms with E-state index in [4.69, 9.17) is 19.9 Å². The van der Waals surface area contributed by atoms with Gasteiger partial charge in [0.25, 0.3) is 0 Å². The van der Waals surface area contributed by atoms with Crippen LogP contribution in [0.1, 0.15) is 57.6 Å². The summed E-state index contributed by atoms with van der Waals surface area (Å²) in [6, 6.07) is 7.90. The van der Waals surface area contributed by atoms with E-state index in [0.717, 1.165) is 43.7 Å². The lowest BCUT2D eigenvalue weighted by molar-refractivity contribution is 0.0904. The fraction of sp³-hybridized carbons (Fsp3) is 0.538. The molecule has 0 aliphatic carbocycles. The molecular formula is C26H38N4O4. The van der Waals surface area contributed by atoms with Crippen molar-refractivity contribution in [2.75, 3.05) is 30.5 Å². The smallest absolute Gasteiger partial charge is 0.137 e. The minimum Gasteiger partial charge on any atom is -0.491 e. The minimum atomic E-state index is -0.534. The van der Waals surface area contributed by atoms with Gasteiger partial charge in [0, 0.05) is 42.8 Å². The molecule has 2 aromatic rings. The number of aliphatic hydroxyl groups is 2. The van der Waals surface area contributed by atoms with Gasteiger partial charge >= 0.3 is 0 Å². The Balaban J connectivity index is 2.00. The van der Waals surface area contributed by atoms with Gasteiger partial charge in [-0.3, -0.25) is 0 Å². The first kappa shape index (κ1) is 25.9. The average Bonchev–Trinajstić information content (AvgIpc) is 2.83. The van der Waals surface area contributed by atoms with Crippen molar-refractivity contribution in [3.05, 3.63) is 35.4 Å². The highest BCUT2D eigenvalue weighted by Crippen LogP contribution is 2.32. The van der Waals surface area contributed by atoms with Crippen LogP contribution in [0.3, 0.4) is 0 Å². The van der Waals surface area contributed by atoms with Gasteiger partial charge in [0.05, 0.1) is 24.0 Å². The molecule has 0 saturated carbocycles. The molecule has 0 amide bonds. The zero-order valence-corrected chi connectivity index (χ0v) is 20.4. The molecule has 0 spiro atoms. The molecule has 3 rings (SSSR count). The third-order valence-corrected chi connectivity index (χ3v) is 5.72. The lowest BCUT2D eigenvalue weighted by Crippen LogP contribution is -2.28. The van der Waals surface area contributed by atoms with Crippen molar-refractivity contribution in [1.29, 1.82) is 5.41 Å². The van der Waals surface area contributed by atoms with Gasteiger partial charge in [0.2, 0.25) is 0 Å². The van der Waals surface area contributed by atoms with E-state index in [1.807, 2.05) is 39.0 Å². The second-order valence-corrected chi connectivity index (χ2v) is 9.07. The fourth-order valence-electron chi connectivity index (χ4n) is 4.01. The zero-order chi connectivity index (χ0) is 24.5. The van der Waals surface area contributed by atoms with Crippen LogP contribution in [0, 0.1) is 5.41 Å². The molecule has 1 fully saturated rings. The number of nitrogens with one attached hydrogen (secondary N) is 3. The molecule has 1 unspecified atom stereocenters. The van der Waals surface area contributed by atoms with E-state index in [-0.39, 0.29) is 25.3 Å². The average molecular weight is 471 g/mol. The highest BCUT2D eigenvalue weighted by Gasteiger charge is 2.19. The molecule has 2 heterocycles. The van der Waals surface area contributed by atoms with E-state index >= 15 is 0 Å². The molecule has 186 valence electrons. The van der Waals surface area contributed by atoms with Crippen molar-refractivity contribution in [2.24, 2.45) is 0 Å². The first-order chi connectivity index (χ1) is 16.4. The Bertz CT molecular complexity index is 945. The molecule has 8 nitrogen and oxygen atoms in total. The summed E-state index contributed by atoms with van der Waals surface area (Å²) in [7, 11) is 0. The Labute approximate surface area is 202 Å². The van der Waals surface area contributed by atoms with E-state index in [9.17, 15) is 10.2 Å². The van der Waals surface area contributed by atoms with Crippen molar-refractivity contribution in [3.8, 4) is 17.0 Å². The predicted molar refractivity (Wildman–Crippen MR) is 136 cm³/mol. The number of hydrogen-bond donors (Lipinski definition) is 5. The third kappa shape index (κ3) is 7.16. The largest absolute Gasteiger partial charge is 0.491 e. The quantitative estimate of drug-likeness (QED) is 0.295. The summed E-state index contributed by atoms with van der Waals surface area (Å²) in [6.45, 7) is 7.59. The number of ether oxygens (including phenoxy) is 2. The van der Waals surface area contributed by atoms with Crippen LogP contribution >= 0.6 is 0 Å². The van der Waals surface area contributed by atoms with Crippen molar-refractivity contribution < 1.29 is 19.7 Å². The van der Waals surface area contributed by atoms with E-state index < -0.39 is 6.10 Å². The topological polar surface area (TPSA) is 120 Å². The molecule has 0 radical (unpaired) electrons. The summed E-state index contributed by atoms with van der Waals surface area (Å²) in [5.41, 5.74) is 3.75. The minimum absolute atomic E-state index is 0.134. The van der Waals surface area contributed by atoms with Crippen LogP contribution in [0.15, 0.2) is 24.3 Å². The third-order valence-electron chi connectivity index (χ3n) is 5.72. The number of benzene rings is 1. The summed E-state index contributed by atoms with van der Waals surface area (Å²) >= 11 is 0. The Morgan fingerprint density at radius 2 is 2.00 bits per heavy atom. The summed E-state index contributed by atoms with van der Waals surface area (Å²) in [6.07, 6.45) is 4.15. The fourth-order valence-corrected chi connectivity index (χ4v) is 4.01. The van der Waals surface area contributed by atoms with Crippen molar-refractivity contribution in [1.82, 2.24) is 4.98 Å². The van der Waals surface area contributed by atoms with Crippen LogP contribution < -0.4 is 15.4 Å². The Morgan fingerprint density at radius 1 is 1.24 bits per heavy atom. The van der Waals surface area contributed by atoms with Crippen LogP contribution in [0.2, 0.25) is 0 Å². The molecule has 1 saturated heterocycles. The lowest BCUT2D eigenvalue weighted by Gasteiger charge is -2.26. The van der Waals surface area contributed by atoms with Crippen molar-refractivity contribution in [3.63, 3.8) is 0 Å². The Kier molecular flexibility index (Phi) is 9.68. The molecule has 8 heteroatoms. The maximum Gasteiger partial charge on any atom is 0.137 e. The van der Waals surface area contributed by atoms with Crippen LogP contribution in [0.4, 0.5) is 11.5 Å². The number of hydrogen-bond acceptors (Lipinski definition) is 8. The Hall–Kier alpha value is -2.68. The molecule has 0 bridgehead atoms. The highest BCUT2D eigenvalue weighted by atomic mass is 16.5. The van der Waals surface area contributed by atoms with E-state index in [2.05, 4.69) is 10.6 Å². The lowest BCUT2D eigenvalue weighted by atomic mass is 10.0. The van der Waals surface area contributed by atoms with Crippen molar-refractivity contribution in [2.45, 2.75) is 71.2 Å².